The minimum Gasteiger partial charge on any atom is -0.369 e. The number of nitrogens with one attached hydrogen (secondary N) is 1. The molecule has 0 radical (unpaired) electrons. The number of carbonyl (C=O) groups is 4. The van der Waals surface area contributed by atoms with Gasteiger partial charge in [-0.2, -0.15) is 0 Å². The summed E-state index contributed by atoms with van der Waals surface area (Å²) in [5.74, 6) is -1.71. The molecule has 0 saturated carbocycles. The molecular formula is C22H14N2O5. The van der Waals surface area contributed by atoms with Crippen LogP contribution >= 0.6 is 0 Å². The highest BCUT2D eigenvalue weighted by atomic mass is 16.3. The lowest BCUT2D eigenvalue weighted by atomic mass is 9.86. The lowest BCUT2D eigenvalue weighted by Gasteiger charge is -2.35. The second-order valence-electron chi connectivity index (χ2n) is 7.05. The van der Waals surface area contributed by atoms with E-state index in [2.05, 4.69) is 5.32 Å². The SMILES string of the molecule is CC(=O)c1cccc(N2C(=O)c3ccc4c5c(ccc(c35)C2O)C(=O)NC4=O)c1. The van der Waals surface area contributed by atoms with Gasteiger partial charge in [0.05, 0.1) is 0 Å². The fourth-order valence-corrected chi connectivity index (χ4v) is 4.04. The third-order valence-electron chi connectivity index (χ3n) is 5.41. The topological polar surface area (TPSA) is 104 Å². The number of rotatable bonds is 2. The van der Waals surface area contributed by atoms with Crippen molar-refractivity contribution in [3.8, 4) is 0 Å². The normalized spacial score (nSPS) is 17.5. The molecule has 0 saturated heterocycles. The van der Waals surface area contributed by atoms with E-state index in [4.69, 9.17) is 0 Å². The van der Waals surface area contributed by atoms with Crippen LogP contribution in [0.15, 0.2) is 48.5 Å². The molecule has 1 unspecified atom stereocenters. The third kappa shape index (κ3) is 2.28. The van der Waals surface area contributed by atoms with Crippen molar-refractivity contribution in [3.63, 3.8) is 0 Å². The van der Waals surface area contributed by atoms with Crippen molar-refractivity contribution in [1.82, 2.24) is 5.32 Å². The first kappa shape index (κ1) is 17.3. The van der Waals surface area contributed by atoms with E-state index in [1.165, 1.54) is 30.0 Å². The summed E-state index contributed by atoms with van der Waals surface area (Å²) in [4.78, 5) is 50.7. The van der Waals surface area contributed by atoms with Crippen molar-refractivity contribution < 1.29 is 24.3 Å². The Hall–Kier alpha value is -3.84. The number of aliphatic hydroxyl groups is 1. The standard InChI is InChI=1S/C22H14N2O5/c1-10(25)11-3-2-4-12(9-11)24-21(28)15-7-5-13-17-14(20(27)23-19(13)26)6-8-16(18(15)17)22(24)29/h2-9,21,28H,1H3,(H,23,26,27). The zero-order valence-corrected chi connectivity index (χ0v) is 15.2. The molecule has 3 aromatic rings. The number of anilines is 1. The van der Waals surface area contributed by atoms with E-state index in [1.54, 1.807) is 30.3 Å². The monoisotopic (exact) mass is 386 g/mol. The molecule has 7 nitrogen and oxygen atoms in total. The number of ketones is 1. The van der Waals surface area contributed by atoms with E-state index in [0.717, 1.165) is 0 Å². The fourth-order valence-electron chi connectivity index (χ4n) is 4.04. The molecule has 2 aliphatic rings. The Balaban J connectivity index is 1.77. The van der Waals surface area contributed by atoms with Gasteiger partial charge in [0.25, 0.3) is 17.7 Å². The molecule has 0 spiro atoms. The molecule has 0 fully saturated rings. The molecule has 3 amide bonds. The smallest absolute Gasteiger partial charge is 0.261 e. The Morgan fingerprint density at radius 1 is 0.931 bits per heavy atom. The molecule has 7 heteroatoms. The van der Waals surface area contributed by atoms with E-state index in [-0.39, 0.29) is 22.5 Å². The number of hydrogen-bond acceptors (Lipinski definition) is 5. The number of carbonyl (C=O) groups excluding carboxylic acids is 4. The van der Waals surface area contributed by atoms with E-state index in [1.807, 2.05) is 0 Å². The number of aliphatic hydroxyl groups excluding tert-OH is 1. The summed E-state index contributed by atoms with van der Waals surface area (Å²) in [5, 5.41) is 14.1. The minimum atomic E-state index is -1.33. The Morgan fingerprint density at radius 3 is 2.28 bits per heavy atom. The van der Waals surface area contributed by atoms with Crippen LogP contribution in [0.2, 0.25) is 0 Å². The van der Waals surface area contributed by atoms with Crippen molar-refractivity contribution in [2.24, 2.45) is 0 Å². The van der Waals surface area contributed by atoms with Gasteiger partial charge in [0.2, 0.25) is 0 Å². The number of nitrogens with zero attached hydrogens (tertiary/aromatic N) is 1. The number of imide groups is 1. The maximum atomic E-state index is 13.3. The van der Waals surface area contributed by atoms with Crippen molar-refractivity contribution in [3.05, 3.63) is 76.3 Å². The van der Waals surface area contributed by atoms with E-state index < -0.39 is 23.9 Å². The first-order valence-electron chi connectivity index (χ1n) is 8.96. The van der Waals surface area contributed by atoms with Gasteiger partial charge in [-0.25, -0.2) is 0 Å². The summed E-state index contributed by atoms with van der Waals surface area (Å²) in [6, 6.07) is 12.6. The first-order chi connectivity index (χ1) is 13.9. The largest absolute Gasteiger partial charge is 0.369 e. The number of hydrogen-bond donors (Lipinski definition) is 2. The van der Waals surface area contributed by atoms with E-state index >= 15 is 0 Å². The lowest BCUT2D eigenvalue weighted by molar-refractivity contribution is 0.0836. The Bertz CT molecular complexity index is 1270. The second-order valence-corrected chi connectivity index (χ2v) is 7.05. The summed E-state index contributed by atoms with van der Waals surface area (Å²) in [5.41, 5.74) is 2.06. The molecule has 0 aromatic heterocycles. The highest BCUT2D eigenvalue weighted by Crippen LogP contribution is 2.41. The van der Waals surface area contributed by atoms with Crippen LogP contribution < -0.4 is 10.2 Å². The minimum absolute atomic E-state index is 0.158. The van der Waals surface area contributed by atoms with Crippen molar-refractivity contribution in [1.29, 1.82) is 0 Å². The molecule has 29 heavy (non-hydrogen) atoms. The van der Waals surface area contributed by atoms with Gasteiger partial charge in [0.15, 0.2) is 12.0 Å². The van der Waals surface area contributed by atoms with E-state index in [9.17, 15) is 24.3 Å². The van der Waals surface area contributed by atoms with Gasteiger partial charge >= 0.3 is 0 Å². The average molecular weight is 386 g/mol. The third-order valence-corrected chi connectivity index (χ3v) is 5.41. The van der Waals surface area contributed by atoms with Crippen LogP contribution in [0.25, 0.3) is 10.8 Å². The van der Waals surface area contributed by atoms with Crippen LogP contribution in [0.4, 0.5) is 5.69 Å². The maximum Gasteiger partial charge on any atom is 0.261 e. The molecule has 0 aliphatic carbocycles. The van der Waals surface area contributed by atoms with Crippen molar-refractivity contribution in [2.45, 2.75) is 13.2 Å². The summed E-state index contributed by atoms with van der Waals surface area (Å²) in [7, 11) is 0. The predicted molar refractivity (Wildman–Crippen MR) is 104 cm³/mol. The molecular weight excluding hydrogens is 372 g/mol. The molecule has 0 bridgehead atoms. The van der Waals surface area contributed by atoms with Gasteiger partial charge in [-0.3, -0.25) is 29.4 Å². The summed E-state index contributed by atoms with van der Waals surface area (Å²) in [6.07, 6.45) is -1.33. The Morgan fingerprint density at radius 2 is 1.59 bits per heavy atom. The summed E-state index contributed by atoms with van der Waals surface area (Å²) >= 11 is 0. The van der Waals surface area contributed by atoms with Gasteiger partial charge in [0.1, 0.15) is 0 Å². The highest BCUT2D eigenvalue weighted by Gasteiger charge is 2.37. The zero-order valence-electron chi connectivity index (χ0n) is 15.2. The molecule has 3 aromatic carbocycles. The quantitative estimate of drug-likeness (QED) is 0.520. The molecule has 2 N–H and O–H groups in total. The average Bonchev–Trinajstić information content (AvgIpc) is 2.70. The van der Waals surface area contributed by atoms with Gasteiger partial charge in [-0.15, -0.1) is 0 Å². The van der Waals surface area contributed by atoms with Crippen LogP contribution in [0, 0.1) is 0 Å². The molecule has 2 aliphatic heterocycles. The van der Waals surface area contributed by atoms with Crippen LogP contribution in [-0.2, 0) is 0 Å². The Labute approximate surface area is 164 Å². The predicted octanol–water partition coefficient (Wildman–Crippen LogP) is 2.58. The lowest BCUT2D eigenvalue weighted by Crippen LogP contribution is -2.40. The molecule has 2 heterocycles. The van der Waals surface area contributed by atoms with Crippen molar-refractivity contribution in [2.75, 3.05) is 4.90 Å². The van der Waals surface area contributed by atoms with Crippen LogP contribution in [0.5, 0.6) is 0 Å². The first-order valence-corrected chi connectivity index (χ1v) is 8.96. The number of Topliss-reactive ketones (excluding diaryl/α,β-unsaturated/α-hetero) is 1. The van der Waals surface area contributed by atoms with Crippen LogP contribution in [-0.4, -0.2) is 28.6 Å². The summed E-state index contributed by atoms with van der Waals surface area (Å²) < 4.78 is 0. The van der Waals surface area contributed by atoms with Gasteiger partial charge in [0, 0.05) is 44.3 Å². The second kappa shape index (κ2) is 5.83. The number of amides is 3. The van der Waals surface area contributed by atoms with Gasteiger partial charge in [-0.1, -0.05) is 18.2 Å². The zero-order chi connectivity index (χ0) is 20.4. The fraction of sp³-hybridized carbons (Fsp3) is 0.0909. The number of benzene rings is 3. The van der Waals surface area contributed by atoms with E-state index in [0.29, 0.717) is 27.6 Å². The molecule has 1 atom stereocenters. The van der Waals surface area contributed by atoms with Crippen molar-refractivity contribution >= 4 is 40.0 Å². The van der Waals surface area contributed by atoms with Crippen LogP contribution in [0.1, 0.15) is 60.1 Å². The van der Waals surface area contributed by atoms with Gasteiger partial charge in [-0.05, 0) is 37.3 Å². The Kier molecular flexibility index (Phi) is 3.47. The summed E-state index contributed by atoms with van der Waals surface area (Å²) in [6.45, 7) is 1.42. The maximum absolute atomic E-state index is 13.3. The molecule has 142 valence electrons. The molecule has 5 rings (SSSR count). The van der Waals surface area contributed by atoms with Crippen LogP contribution in [0.3, 0.4) is 0 Å². The van der Waals surface area contributed by atoms with Gasteiger partial charge < -0.3 is 5.11 Å². The highest BCUT2D eigenvalue weighted by molar-refractivity contribution is 6.29.